The van der Waals surface area contributed by atoms with Crippen LogP contribution in [0.25, 0.3) is 11.0 Å². The molecule has 3 rings (SSSR count). The topological polar surface area (TPSA) is 43.4 Å². The number of Topliss-reactive ketones (excluding diaryl/α,β-unsaturated/α-hetero) is 1. The molecule has 0 atom stereocenters. The van der Waals surface area contributed by atoms with Crippen LogP contribution in [-0.2, 0) is 0 Å². The molecule has 2 aromatic heterocycles. The van der Waals surface area contributed by atoms with Crippen LogP contribution in [-0.4, -0.2) is 11.5 Å². The summed E-state index contributed by atoms with van der Waals surface area (Å²) in [5, 5.41) is 0.954. The molecule has 0 aliphatic heterocycles. The number of furan rings is 2. The highest BCUT2D eigenvalue weighted by Crippen LogP contribution is 2.25. The predicted molar refractivity (Wildman–Crippen MR) is 74.7 cm³/mol. The van der Waals surface area contributed by atoms with Crippen molar-refractivity contribution in [3.63, 3.8) is 0 Å². The third-order valence-corrected chi connectivity index (χ3v) is 4.01. The van der Waals surface area contributed by atoms with E-state index in [1.54, 1.807) is 12.3 Å². The summed E-state index contributed by atoms with van der Waals surface area (Å²) in [6.07, 6.45) is 1.63. The molecule has 96 valence electrons. The molecular weight excluding hydrogens is 260 g/mol. The summed E-state index contributed by atoms with van der Waals surface area (Å²) in [5.41, 5.74) is 0.746. The average Bonchev–Trinajstić information content (AvgIpc) is 3.01. The molecule has 3 nitrogen and oxygen atoms in total. The van der Waals surface area contributed by atoms with Gasteiger partial charge in [0.25, 0.3) is 0 Å². The van der Waals surface area contributed by atoms with Gasteiger partial charge in [0.1, 0.15) is 11.3 Å². The number of ketones is 1. The first kappa shape index (κ1) is 12.1. The van der Waals surface area contributed by atoms with E-state index in [9.17, 15) is 4.79 Å². The molecule has 0 aliphatic carbocycles. The second-order valence-electron chi connectivity index (χ2n) is 4.20. The molecule has 3 aromatic rings. The molecule has 0 spiro atoms. The standard InChI is InChI=1S/C15H12O3S/c1-10-15(6-7-17-10)19-9-12(16)14-8-11-4-2-3-5-13(11)18-14/h2-8H,9H2,1H3. The molecule has 0 bridgehead atoms. The summed E-state index contributed by atoms with van der Waals surface area (Å²) in [5.74, 6) is 1.58. The minimum Gasteiger partial charge on any atom is -0.468 e. The number of thioether (sulfide) groups is 1. The summed E-state index contributed by atoms with van der Waals surface area (Å²) in [7, 11) is 0. The second kappa shape index (κ2) is 4.97. The van der Waals surface area contributed by atoms with Gasteiger partial charge in [0.15, 0.2) is 5.76 Å². The highest BCUT2D eigenvalue weighted by atomic mass is 32.2. The molecule has 19 heavy (non-hydrogen) atoms. The number of carbonyl (C=O) groups excluding carboxylic acids is 1. The Bertz CT molecular complexity index is 691. The number of hydrogen-bond acceptors (Lipinski definition) is 4. The van der Waals surface area contributed by atoms with Crippen LogP contribution in [0.3, 0.4) is 0 Å². The van der Waals surface area contributed by atoms with Gasteiger partial charge in [0, 0.05) is 10.3 Å². The van der Waals surface area contributed by atoms with Gasteiger partial charge in [-0.1, -0.05) is 18.2 Å². The van der Waals surface area contributed by atoms with Crippen molar-refractivity contribution in [1.82, 2.24) is 0 Å². The van der Waals surface area contributed by atoms with Crippen LogP contribution < -0.4 is 0 Å². The lowest BCUT2D eigenvalue weighted by Gasteiger charge is -1.97. The maximum absolute atomic E-state index is 12.1. The molecule has 0 saturated carbocycles. The van der Waals surface area contributed by atoms with Crippen molar-refractivity contribution in [3.05, 3.63) is 54.2 Å². The zero-order chi connectivity index (χ0) is 13.2. The zero-order valence-electron chi connectivity index (χ0n) is 10.4. The minimum absolute atomic E-state index is 0.0122. The molecule has 0 fully saturated rings. The first-order valence-corrected chi connectivity index (χ1v) is 6.91. The maximum Gasteiger partial charge on any atom is 0.208 e. The molecule has 4 heteroatoms. The Labute approximate surface area is 114 Å². The summed E-state index contributed by atoms with van der Waals surface area (Å²) in [4.78, 5) is 13.1. The number of hydrogen-bond donors (Lipinski definition) is 0. The average molecular weight is 272 g/mol. The number of para-hydroxylation sites is 1. The summed E-state index contributed by atoms with van der Waals surface area (Å²) < 4.78 is 10.7. The van der Waals surface area contributed by atoms with Gasteiger partial charge >= 0.3 is 0 Å². The Balaban J connectivity index is 1.75. The van der Waals surface area contributed by atoms with Crippen LogP contribution >= 0.6 is 11.8 Å². The minimum atomic E-state index is -0.0122. The monoisotopic (exact) mass is 272 g/mol. The van der Waals surface area contributed by atoms with Gasteiger partial charge in [0.05, 0.1) is 12.0 Å². The van der Waals surface area contributed by atoms with Crippen molar-refractivity contribution in [2.75, 3.05) is 5.75 Å². The Hall–Kier alpha value is -1.94. The van der Waals surface area contributed by atoms with E-state index in [-0.39, 0.29) is 5.78 Å². The van der Waals surface area contributed by atoms with E-state index in [1.165, 1.54) is 11.8 Å². The Morgan fingerprint density at radius 1 is 1.26 bits per heavy atom. The van der Waals surface area contributed by atoms with Gasteiger partial charge in [-0.15, -0.1) is 11.8 Å². The fraction of sp³-hybridized carbons (Fsp3) is 0.133. The van der Waals surface area contributed by atoms with E-state index in [2.05, 4.69) is 0 Å². The van der Waals surface area contributed by atoms with Crippen LogP contribution in [0.5, 0.6) is 0 Å². The Morgan fingerprint density at radius 3 is 2.84 bits per heavy atom. The van der Waals surface area contributed by atoms with E-state index in [0.29, 0.717) is 11.5 Å². The predicted octanol–water partition coefficient (Wildman–Crippen LogP) is 4.31. The van der Waals surface area contributed by atoms with E-state index in [0.717, 1.165) is 21.6 Å². The van der Waals surface area contributed by atoms with Crippen LogP contribution in [0.15, 0.2) is 56.4 Å². The van der Waals surface area contributed by atoms with E-state index in [1.807, 2.05) is 37.3 Å². The first-order valence-electron chi connectivity index (χ1n) is 5.93. The van der Waals surface area contributed by atoms with Crippen molar-refractivity contribution >= 4 is 28.5 Å². The van der Waals surface area contributed by atoms with Crippen molar-refractivity contribution in [1.29, 1.82) is 0 Å². The highest BCUT2D eigenvalue weighted by Gasteiger charge is 2.13. The Morgan fingerprint density at radius 2 is 2.11 bits per heavy atom. The number of rotatable bonds is 4. The van der Waals surface area contributed by atoms with Crippen LogP contribution in [0.4, 0.5) is 0 Å². The van der Waals surface area contributed by atoms with E-state index in [4.69, 9.17) is 8.83 Å². The molecule has 0 radical (unpaired) electrons. The smallest absolute Gasteiger partial charge is 0.208 e. The molecule has 2 heterocycles. The highest BCUT2D eigenvalue weighted by molar-refractivity contribution is 8.00. The lowest BCUT2D eigenvalue weighted by Crippen LogP contribution is -2.00. The quantitative estimate of drug-likeness (QED) is 0.524. The van der Waals surface area contributed by atoms with Gasteiger partial charge in [0.2, 0.25) is 5.78 Å². The van der Waals surface area contributed by atoms with E-state index >= 15 is 0 Å². The summed E-state index contributed by atoms with van der Waals surface area (Å²) in [6.45, 7) is 1.88. The zero-order valence-corrected chi connectivity index (χ0v) is 11.2. The van der Waals surface area contributed by atoms with Crippen LogP contribution in [0.1, 0.15) is 16.3 Å². The number of benzene rings is 1. The third kappa shape index (κ3) is 2.44. The molecule has 0 amide bonds. The lowest BCUT2D eigenvalue weighted by atomic mass is 10.2. The molecule has 0 saturated heterocycles. The maximum atomic E-state index is 12.1. The van der Waals surface area contributed by atoms with E-state index < -0.39 is 0 Å². The van der Waals surface area contributed by atoms with Gasteiger partial charge in [-0.3, -0.25) is 4.79 Å². The normalized spacial score (nSPS) is 11.0. The molecule has 0 N–H and O–H groups in total. The third-order valence-electron chi connectivity index (χ3n) is 2.87. The van der Waals surface area contributed by atoms with Gasteiger partial charge in [-0.2, -0.15) is 0 Å². The number of aryl methyl sites for hydroxylation is 1. The van der Waals surface area contributed by atoms with Gasteiger partial charge in [-0.25, -0.2) is 0 Å². The van der Waals surface area contributed by atoms with Crippen molar-refractivity contribution in [2.24, 2.45) is 0 Å². The Kier molecular flexibility index (Phi) is 3.17. The molecule has 0 unspecified atom stereocenters. The molecule has 1 aromatic carbocycles. The molecular formula is C15H12O3S. The van der Waals surface area contributed by atoms with Gasteiger partial charge < -0.3 is 8.83 Å². The van der Waals surface area contributed by atoms with Gasteiger partial charge in [-0.05, 0) is 25.1 Å². The fourth-order valence-electron chi connectivity index (χ4n) is 1.86. The SMILES string of the molecule is Cc1occc1SCC(=O)c1cc2ccccc2o1. The van der Waals surface area contributed by atoms with Crippen LogP contribution in [0.2, 0.25) is 0 Å². The largest absolute Gasteiger partial charge is 0.468 e. The lowest BCUT2D eigenvalue weighted by molar-refractivity contribution is 0.0994. The van der Waals surface area contributed by atoms with Crippen molar-refractivity contribution in [3.8, 4) is 0 Å². The molecule has 0 aliphatic rings. The number of carbonyl (C=O) groups is 1. The summed E-state index contributed by atoms with van der Waals surface area (Å²) >= 11 is 1.46. The van der Waals surface area contributed by atoms with Crippen LogP contribution in [0, 0.1) is 6.92 Å². The fourth-order valence-corrected chi connectivity index (χ4v) is 2.69. The first-order chi connectivity index (χ1) is 9.24. The van der Waals surface area contributed by atoms with Crippen molar-refractivity contribution in [2.45, 2.75) is 11.8 Å². The second-order valence-corrected chi connectivity index (χ2v) is 5.22. The number of fused-ring (bicyclic) bond motifs is 1. The van der Waals surface area contributed by atoms with Crippen molar-refractivity contribution < 1.29 is 13.6 Å². The summed E-state index contributed by atoms with van der Waals surface area (Å²) in [6, 6.07) is 11.3.